The number of hydrogen-bond donors (Lipinski definition) is 0. The van der Waals surface area contributed by atoms with Crippen molar-refractivity contribution in [3.63, 3.8) is 0 Å². The van der Waals surface area contributed by atoms with E-state index < -0.39 is 0 Å². The van der Waals surface area contributed by atoms with E-state index >= 15 is 0 Å². The molecular formula is C19H25ClN2O4. The summed E-state index contributed by atoms with van der Waals surface area (Å²) >= 11 is 6.23. The van der Waals surface area contributed by atoms with E-state index in [9.17, 15) is 9.59 Å². The number of amides is 2. The summed E-state index contributed by atoms with van der Waals surface area (Å²) in [6.45, 7) is 4.07. The molecule has 2 amide bonds. The molecule has 7 heteroatoms. The highest BCUT2D eigenvalue weighted by atomic mass is 35.5. The van der Waals surface area contributed by atoms with Gasteiger partial charge in [-0.05, 0) is 24.8 Å². The highest BCUT2D eigenvalue weighted by Crippen LogP contribution is 2.40. The van der Waals surface area contributed by atoms with E-state index in [-0.39, 0.29) is 24.2 Å². The van der Waals surface area contributed by atoms with Gasteiger partial charge in [0.2, 0.25) is 11.8 Å². The second-order valence-electron chi connectivity index (χ2n) is 7.10. The van der Waals surface area contributed by atoms with Crippen LogP contribution in [0.25, 0.3) is 0 Å². The van der Waals surface area contributed by atoms with Gasteiger partial charge in [-0.25, -0.2) is 0 Å². The zero-order chi connectivity index (χ0) is 18.8. The van der Waals surface area contributed by atoms with Crippen LogP contribution in [0.5, 0.6) is 11.5 Å². The SMILES string of the molecule is COc1cc(OC)c(N2C[C@@H](C(=O)N3CCC[C@@H](C)C3)CC2=O)cc1Cl. The molecule has 0 saturated carbocycles. The van der Waals surface area contributed by atoms with E-state index in [0.29, 0.717) is 34.7 Å². The van der Waals surface area contributed by atoms with Gasteiger partial charge in [0, 0.05) is 32.1 Å². The molecule has 0 bridgehead atoms. The van der Waals surface area contributed by atoms with E-state index in [1.165, 1.54) is 14.2 Å². The molecule has 0 aromatic heterocycles. The van der Waals surface area contributed by atoms with E-state index in [1.54, 1.807) is 17.0 Å². The van der Waals surface area contributed by atoms with Gasteiger partial charge in [0.05, 0.1) is 30.8 Å². The number of rotatable bonds is 4. The average Bonchev–Trinajstić information content (AvgIpc) is 3.02. The van der Waals surface area contributed by atoms with Crippen molar-refractivity contribution in [3.05, 3.63) is 17.2 Å². The number of carbonyl (C=O) groups excluding carboxylic acids is 2. The summed E-state index contributed by atoms with van der Waals surface area (Å²) in [5.41, 5.74) is 0.575. The Morgan fingerprint density at radius 3 is 2.58 bits per heavy atom. The van der Waals surface area contributed by atoms with E-state index in [4.69, 9.17) is 21.1 Å². The van der Waals surface area contributed by atoms with E-state index in [1.807, 2.05) is 4.90 Å². The van der Waals surface area contributed by atoms with Crippen molar-refractivity contribution in [2.45, 2.75) is 26.2 Å². The maximum atomic E-state index is 12.9. The number of methoxy groups -OCH3 is 2. The number of carbonyl (C=O) groups is 2. The molecule has 1 aromatic carbocycles. The van der Waals surface area contributed by atoms with Crippen LogP contribution in [0, 0.1) is 11.8 Å². The predicted molar refractivity (Wildman–Crippen MR) is 100.0 cm³/mol. The lowest BCUT2D eigenvalue weighted by Crippen LogP contribution is -2.43. The van der Waals surface area contributed by atoms with Gasteiger partial charge in [-0.2, -0.15) is 0 Å². The van der Waals surface area contributed by atoms with Crippen LogP contribution in [0.4, 0.5) is 5.69 Å². The molecule has 1 aromatic rings. The summed E-state index contributed by atoms with van der Waals surface area (Å²) in [5.74, 6) is 1.16. The molecule has 0 unspecified atom stereocenters. The maximum absolute atomic E-state index is 12.9. The van der Waals surface area contributed by atoms with Gasteiger partial charge in [-0.1, -0.05) is 18.5 Å². The number of benzene rings is 1. The first-order chi connectivity index (χ1) is 12.4. The zero-order valence-electron chi connectivity index (χ0n) is 15.5. The Balaban J connectivity index is 1.80. The molecule has 6 nitrogen and oxygen atoms in total. The van der Waals surface area contributed by atoms with E-state index in [2.05, 4.69) is 6.92 Å². The number of hydrogen-bond acceptors (Lipinski definition) is 4. The lowest BCUT2D eigenvalue weighted by molar-refractivity contribution is -0.137. The van der Waals surface area contributed by atoms with Crippen LogP contribution in [0.3, 0.4) is 0 Å². The molecule has 142 valence electrons. The molecule has 2 aliphatic rings. The monoisotopic (exact) mass is 380 g/mol. The van der Waals surface area contributed by atoms with Gasteiger partial charge in [0.25, 0.3) is 0 Å². The number of likely N-dealkylation sites (tertiary alicyclic amines) is 1. The lowest BCUT2D eigenvalue weighted by Gasteiger charge is -2.32. The van der Waals surface area contributed by atoms with Crippen LogP contribution in [-0.4, -0.2) is 50.6 Å². The van der Waals surface area contributed by atoms with Crippen LogP contribution < -0.4 is 14.4 Å². The minimum absolute atomic E-state index is 0.0750. The van der Waals surface area contributed by atoms with Crippen LogP contribution in [0.15, 0.2) is 12.1 Å². The molecule has 0 N–H and O–H groups in total. The summed E-state index contributed by atoms with van der Waals surface area (Å²) in [7, 11) is 3.06. The Hall–Kier alpha value is -1.95. The van der Waals surface area contributed by atoms with Crippen molar-refractivity contribution >= 4 is 29.1 Å². The fourth-order valence-electron chi connectivity index (χ4n) is 3.81. The fraction of sp³-hybridized carbons (Fsp3) is 0.579. The van der Waals surface area contributed by atoms with Gasteiger partial charge in [-0.15, -0.1) is 0 Å². The third kappa shape index (κ3) is 3.61. The van der Waals surface area contributed by atoms with Crippen molar-refractivity contribution in [2.75, 3.05) is 38.8 Å². The molecule has 2 aliphatic heterocycles. The molecule has 3 rings (SSSR count). The number of ether oxygens (including phenoxy) is 2. The minimum atomic E-state index is -0.321. The van der Waals surface area contributed by atoms with Crippen molar-refractivity contribution in [1.82, 2.24) is 4.90 Å². The van der Waals surface area contributed by atoms with Crippen LogP contribution in [0.1, 0.15) is 26.2 Å². The molecule has 26 heavy (non-hydrogen) atoms. The standard InChI is InChI=1S/C19H25ClN2O4/c1-12-5-4-6-21(10-12)19(24)13-7-18(23)22(11-13)15-8-14(20)16(25-2)9-17(15)26-3/h8-9,12-13H,4-7,10-11H2,1-3H3/t12-,13+/m1/s1. The minimum Gasteiger partial charge on any atom is -0.495 e. The maximum Gasteiger partial charge on any atom is 0.228 e. The van der Waals surface area contributed by atoms with Crippen LogP contribution in [-0.2, 0) is 9.59 Å². The lowest BCUT2D eigenvalue weighted by atomic mass is 9.98. The normalized spacial score (nSPS) is 23.3. The van der Waals surface area contributed by atoms with E-state index in [0.717, 1.165) is 25.9 Å². The number of piperidine rings is 1. The molecule has 2 heterocycles. The molecule has 2 saturated heterocycles. The summed E-state index contributed by atoms with van der Waals surface area (Å²) in [6.07, 6.45) is 2.40. The van der Waals surface area contributed by atoms with Crippen molar-refractivity contribution in [3.8, 4) is 11.5 Å². The van der Waals surface area contributed by atoms with Crippen LogP contribution in [0.2, 0.25) is 5.02 Å². The largest absolute Gasteiger partial charge is 0.495 e. The second-order valence-corrected chi connectivity index (χ2v) is 7.50. The van der Waals surface area contributed by atoms with Gasteiger partial charge >= 0.3 is 0 Å². The van der Waals surface area contributed by atoms with Crippen molar-refractivity contribution < 1.29 is 19.1 Å². The molecule has 2 atom stereocenters. The Bertz CT molecular complexity index is 709. The third-order valence-electron chi connectivity index (χ3n) is 5.19. The Morgan fingerprint density at radius 1 is 1.19 bits per heavy atom. The van der Waals surface area contributed by atoms with Gasteiger partial charge in [-0.3, -0.25) is 9.59 Å². The second kappa shape index (κ2) is 7.74. The highest BCUT2D eigenvalue weighted by molar-refractivity contribution is 6.32. The van der Waals surface area contributed by atoms with Crippen molar-refractivity contribution in [1.29, 1.82) is 0 Å². The summed E-state index contributed by atoms with van der Waals surface area (Å²) < 4.78 is 10.6. The third-order valence-corrected chi connectivity index (χ3v) is 5.48. The predicted octanol–water partition coefficient (Wildman–Crippen LogP) is 2.97. The molecular weight excluding hydrogens is 356 g/mol. The number of halogens is 1. The topological polar surface area (TPSA) is 59.1 Å². The average molecular weight is 381 g/mol. The first kappa shape index (κ1) is 18.8. The van der Waals surface area contributed by atoms with Gasteiger partial charge in [0.15, 0.2) is 0 Å². The number of nitrogens with zero attached hydrogens (tertiary/aromatic N) is 2. The zero-order valence-corrected chi connectivity index (χ0v) is 16.2. The molecule has 0 aliphatic carbocycles. The highest BCUT2D eigenvalue weighted by Gasteiger charge is 2.39. The van der Waals surface area contributed by atoms with Crippen LogP contribution >= 0.6 is 11.6 Å². The fourth-order valence-corrected chi connectivity index (χ4v) is 4.04. The number of anilines is 1. The van der Waals surface area contributed by atoms with Gasteiger partial charge in [0.1, 0.15) is 11.5 Å². The summed E-state index contributed by atoms with van der Waals surface area (Å²) in [6, 6.07) is 3.32. The molecule has 0 spiro atoms. The summed E-state index contributed by atoms with van der Waals surface area (Å²) in [4.78, 5) is 29.0. The molecule has 0 radical (unpaired) electrons. The van der Waals surface area contributed by atoms with Crippen molar-refractivity contribution in [2.24, 2.45) is 11.8 Å². The van der Waals surface area contributed by atoms with Gasteiger partial charge < -0.3 is 19.3 Å². The first-order valence-electron chi connectivity index (χ1n) is 8.95. The summed E-state index contributed by atoms with van der Waals surface area (Å²) in [5, 5.41) is 0.399. The smallest absolute Gasteiger partial charge is 0.228 e. The molecule has 2 fully saturated rings. The quantitative estimate of drug-likeness (QED) is 0.805. The first-order valence-corrected chi connectivity index (χ1v) is 9.33. The Labute approximate surface area is 159 Å². The Kier molecular flexibility index (Phi) is 5.61. The Morgan fingerprint density at radius 2 is 1.92 bits per heavy atom.